The molecule has 0 spiro atoms. The maximum absolute atomic E-state index is 13.8. The number of fused-ring (bicyclic) bond motifs is 1. The van der Waals surface area contributed by atoms with E-state index in [0.717, 1.165) is 5.32 Å². The zero-order chi connectivity index (χ0) is 30.1. The van der Waals surface area contributed by atoms with Crippen molar-refractivity contribution in [2.75, 3.05) is 29.9 Å². The minimum absolute atomic E-state index is 0.158. The molecule has 1 aliphatic heterocycles. The van der Waals surface area contributed by atoms with Crippen molar-refractivity contribution >= 4 is 35.2 Å². The van der Waals surface area contributed by atoms with E-state index in [-0.39, 0.29) is 11.0 Å². The number of aliphatic hydroxyl groups is 1. The van der Waals surface area contributed by atoms with E-state index in [4.69, 9.17) is 0 Å². The van der Waals surface area contributed by atoms with Crippen molar-refractivity contribution in [2.24, 2.45) is 0 Å². The van der Waals surface area contributed by atoms with Crippen molar-refractivity contribution in [3.8, 4) is 0 Å². The van der Waals surface area contributed by atoms with Crippen molar-refractivity contribution in [1.82, 2.24) is 10.6 Å². The summed E-state index contributed by atoms with van der Waals surface area (Å²) >= 11 is 0. The lowest BCUT2D eigenvalue weighted by Crippen LogP contribution is -2.61. The van der Waals surface area contributed by atoms with E-state index in [2.05, 4.69) is 4.74 Å². The third kappa shape index (κ3) is 7.39. The van der Waals surface area contributed by atoms with Crippen molar-refractivity contribution < 1.29 is 72.9 Å². The van der Waals surface area contributed by atoms with E-state index >= 15 is 0 Å². The third-order valence-corrected chi connectivity index (χ3v) is 4.92. The third-order valence-electron chi connectivity index (χ3n) is 4.92. The Balaban J connectivity index is 2.30. The molecule has 4 N–H and O–H groups in total. The lowest BCUT2D eigenvalue weighted by Gasteiger charge is -2.28. The van der Waals surface area contributed by atoms with E-state index < -0.39 is 96.4 Å². The number of hydrogen-bond acceptors (Lipinski definition) is 6. The summed E-state index contributed by atoms with van der Waals surface area (Å²) < 4.78 is 132. The Bertz CT molecular complexity index is 1150. The van der Waals surface area contributed by atoms with Gasteiger partial charge < -0.3 is 25.8 Å². The molecule has 1 aromatic carbocycles. The highest BCUT2D eigenvalue weighted by Crippen LogP contribution is 2.35. The lowest BCUT2D eigenvalue weighted by molar-refractivity contribution is -0.278. The van der Waals surface area contributed by atoms with Gasteiger partial charge in [0.2, 0.25) is 11.5 Å². The SMILES string of the molecule is C[C@](O)(C(=O)NCC(F)(F)C(F)(F)F)C(=O)N[C@H]1CN(C(=O)OCC(F)(F)F)c2cc(F)c(F)cc2NC1=O. The van der Waals surface area contributed by atoms with Crippen LogP contribution >= 0.6 is 0 Å². The number of nitrogens with one attached hydrogen (secondary N) is 3. The van der Waals surface area contributed by atoms with E-state index in [1.54, 1.807) is 5.32 Å². The molecule has 4 amide bonds. The monoisotopic (exact) mass is 586 g/mol. The Morgan fingerprint density at radius 1 is 1.05 bits per heavy atom. The first kappa shape index (κ1) is 31.4. The minimum atomic E-state index is -6.11. The molecule has 218 valence electrons. The van der Waals surface area contributed by atoms with E-state index in [9.17, 15) is 68.2 Å². The van der Waals surface area contributed by atoms with Crippen molar-refractivity contribution in [2.45, 2.75) is 36.8 Å². The summed E-state index contributed by atoms with van der Waals surface area (Å²) in [5.74, 6) is -14.1. The summed E-state index contributed by atoms with van der Waals surface area (Å²) in [7, 11) is 0. The molecule has 2 rings (SSSR count). The van der Waals surface area contributed by atoms with Crippen LogP contribution < -0.4 is 20.9 Å². The van der Waals surface area contributed by atoms with Crippen LogP contribution in [0, 0.1) is 11.6 Å². The number of carbonyl (C=O) groups is 4. The average molecular weight is 586 g/mol. The molecule has 0 saturated heterocycles. The van der Waals surface area contributed by atoms with Crippen LogP contribution in [0.3, 0.4) is 0 Å². The standard InChI is InChI=1S/C19H16F10N4O6/c1-16(38,13(35)30-5-17(22,23)19(27,28)29)14(36)32-10-4-33(15(37)39-6-18(24,25)26)11-3-8(21)7(20)2-9(11)31-12(10)34/h2-3,10,38H,4-6H2,1H3,(H,30,35)(H,31,34)(H,32,36)/t10-,16-/m0/s1. The largest absolute Gasteiger partial charge is 0.455 e. The molecule has 0 saturated carbocycles. The first-order valence-electron chi connectivity index (χ1n) is 10.1. The Morgan fingerprint density at radius 3 is 2.15 bits per heavy atom. The van der Waals surface area contributed by atoms with Crippen LogP contribution in [0.2, 0.25) is 0 Å². The van der Waals surface area contributed by atoms with Crippen LogP contribution in [0.25, 0.3) is 0 Å². The van der Waals surface area contributed by atoms with Gasteiger partial charge in [0.1, 0.15) is 6.04 Å². The molecule has 2 atom stereocenters. The number of benzene rings is 1. The predicted octanol–water partition coefficient (Wildman–Crippen LogP) is 1.97. The fourth-order valence-corrected chi connectivity index (χ4v) is 2.81. The van der Waals surface area contributed by atoms with Gasteiger partial charge in [-0.1, -0.05) is 0 Å². The van der Waals surface area contributed by atoms with Crippen LogP contribution in [-0.4, -0.2) is 78.5 Å². The number of anilines is 2. The Hall–Kier alpha value is -3.84. The minimum Gasteiger partial charge on any atom is -0.439 e. The molecule has 0 unspecified atom stereocenters. The Morgan fingerprint density at radius 2 is 1.62 bits per heavy atom. The fraction of sp³-hybridized carbons (Fsp3) is 0.474. The smallest absolute Gasteiger partial charge is 0.439 e. The fourth-order valence-electron chi connectivity index (χ4n) is 2.81. The molecule has 0 aliphatic carbocycles. The number of hydrogen-bond donors (Lipinski definition) is 4. The first-order chi connectivity index (χ1) is 17.6. The van der Waals surface area contributed by atoms with Gasteiger partial charge in [0.05, 0.1) is 24.5 Å². The van der Waals surface area contributed by atoms with E-state index in [1.807, 2.05) is 5.32 Å². The van der Waals surface area contributed by atoms with E-state index in [1.165, 1.54) is 0 Å². The molecule has 39 heavy (non-hydrogen) atoms. The molecular formula is C19H16F10N4O6. The van der Waals surface area contributed by atoms with Crippen molar-refractivity contribution in [3.63, 3.8) is 0 Å². The number of rotatable bonds is 6. The number of alkyl halides is 8. The van der Waals surface area contributed by atoms with Gasteiger partial charge in [0.25, 0.3) is 11.8 Å². The second-order valence-corrected chi connectivity index (χ2v) is 8.04. The van der Waals surface area contributed by atoms with Gasteiger partial charge in [0, 0.05) is 12.1 Å². The highest BCUT2D eigenvalue weighted by Gasteiger charge is 2.58. The number of carbonyl (C=O) groups excluding carboxylic acids is 4. The van der Waals surface area contributed by atoms with Crippen LogP contribution in [0.4, 0.5) is 60.1 Å². The molecule has 0 radical (unpaired) electrons. The van der Waals surface area contributed by atoms with Gasteiger partial charge in [0.15, 0.2) is 18.2 Å². The van der Waals surface area contributed by atoms with E-state index in [0.29, 0.717) is 13.0 Å². The number of amides is 4. The topological polar surface area (TPSA) is 137 Å². The molecule has 1 aromatic rings. The Kier molecular flexibility index (Phi) is 8.63. The van der Waals surface area contributed by atoms with Crippen LogP contribution in [0.1, 0.15) is 6.92 Å². The highest BCUT2D eigenvalue weighted by molar-refractivity contribution is 6.10. The molecule has 20 heteroatoms. The summed E-state index contributed by atoms with van der Waals surface area (Å²) in [6.45, 7) is -5.42. The molecule has 0 bridgehead atoms. The van der Waals surface area contributed by atoms with Gasteiger partial charge in [-0.05, 0) is 6.92 Å². The molecule has 1 aliphatic rings. The second-order valence-electron chi connectivity index (χ2n) is 8.04. The maximum Gasteiger partial charge on any atom is 0.455 e. The second kappa shape index (κ2) is 10.7. The van der Waals surface area contributed by atoms with Crippen LogP contribution in [0.5, 0.6) is 0 Å². The average Bonchev–Trinajstić information content (AvgIpc) is 2.91. The van der Waals surface area contributed by atoms with Crippen molar-refractivity contribution in [1.29, 1.82) is 0 Å². The summed E-state index contributed by atoms with van der Waals surface area (Å²) in [4.78, 5) is 49.5. The van der Waals surface area contributed by atoms with Crippen molar-refractivity contribution in [3.05, 3.63) is 23.8 Å². The summed E-state index contributed by atoms with van der Waals surface area (Å²) in [5.41, 5.74) is -4.87. The molecule has 10 nitrogen and oxygen atoms in total. The summed E-state index contributed by atoms with van der Waals surface area (Å²) in [5, 5.41) is 14.7. The molecule has 0 fully saturated rings. The summed E-state index contributed by atoms with van der Waals surface area (Å²) in [6, 6.07) is -1.51. The van der Waals surface area contributed by atoms with Gasteiger partial charge >= 0.3 is 24.4 Å². The van der Waals surface area contributed by atoms with Gasteiger partial charge in [-0.2, -0.15) is 35.1 Å². The quantitative estimate of drug-likeness (QED) is 0.297. The Labute approximate surface area is 210 Å². The van der Waals surface area contributed by atoms with Gasteiger partial charge in [-0.15, -0.1) is 0 Å². The zero-order valence-electron chi connectivity index (χ0n) is 19.1. The molecular weight excluding hydrogens is 570 g/mol. The van der Waals surface area contributed by atoms with Gasteiger partial charge in [-0.3, -0.25) is 19.3 Å². The predicted molar refractivity (Wildman–Crippen MR) is 106 cm³/mol. The normalized spacial score (nSPS) is 17.8. The van der Waals surface area contributed by atoms with Gasteiger partial charge in [-0.25, -0.2) is 13.6 Å². The highest BCUT2D eigenvalue weighted by atomic mass is 19.4. The lowest BCUT2D eigenvalue weighted by atomic mass is 10.0. The maximum atomic E-state index is 13.8. The number of ether oxygens (including phenoxy) is 1. The molecule has 1 heterocycles. The summed E-state index contributed by atoms with van der Waals surface area (Å²) in [6.07, 6.45) is -13.0. The van der Waals surface area contributed by atoms with Crippen LogP contribution in [-0.2, 0) is 19.1 Å². The number of halogens is 10. The molecule has 0 aromatic heterocycles. The first-order valence-corrected chi connectivity index (χ1v) is 10.1. The van der Waals surface area contributed by atoms with Crippen LogP contribution in [0.15, 0.2) is 12.1 Å². The zero-order valence-corrected chi connectivity index (χ0v) is 19.1. The number of nitrogens with zero attached hydrogens (tertiary/aromatic N) is 1.